The van der Waals surface area contributed by atoms with Crippen molar-refractivity contribution in [2.75, 3.05) is 0 Å². The van der Waals surface area contributed by atoms with Crippen molar-refractivity contribution < 1.29 is 13.2 Å². The standard InChI is InChI=1S/C11H12F3N/c12-9-4-2-1-3-8(9)11(13,14)7-10(15)5-6-10/h1-4H,5-7,15H2. The van der Waals surface area contributed by atoms with Gasteiger partial charge in [-0.1, -0.05) is 18.2 Å². The summed E-state index contributed by atoms with van der Waals surface area (Å²) >= 11 is 0. The molecule has 15 heavy (non-hydrogen) atoms. The molecule has 0 radical (unpaired) electrons. The summed E-state index contributed by atoms with van der Waals surface area (Å²) < 4.78 is 40.4. The quantitative estimate of drug-likeness (QED) is 0.824. The average Bonchev–Trinajstić information content (AvgIpc) is 2.82. The maximum absolute atomic E-state index is 13.6. The van der Waals surface area contributed by atoms with E-state index < -0.39 is 29.3 Å². The molecular formula is C11H12F3N. The molecule has 2 N–H and O–H groups in total. The molecule has 1 aromatic carbocycles. The zero-order valence-electron chi connectivity index (χ0n) is 8.14. The Kier molecular flexibility index (Phi) is 2.26. The van der Waals surface area contributed by atoms with E-state index in [0.717, 1.165) is 12.1 Å². The second-order valence-electron chi connectivity index (χ2n) is 4.22. The van der Waals surface area contributed by atoms with E-state index in [4.69, 9.17) is 5.73 Å². The topological polar surface area (TPSA) is 26.0 Å². The summed E-state index contributed by atoms with van der Waals surface area (Å²) in [5.41, 5.74) is 4.28. The number of hydrogen-bond donors (Lipinski definition) is 1. The van der Waals surface area contributed by atoms with Gasteiger partial charge in [0.05, 0.1) is 5.56 Å². The van der Waals surface area contributed by atoms with Crippen LogP contribution in [0.25, 0.3) is 0 Å². The third-order valence-electron chi connectivity index (χ3n) is 2.73. The van der Waals surface area contributed by atoms with E-state index in [0.29, 0.717) is 12.8 Å². The van der Waals surface area contributed by atoms with Crippen LogP contribution < -0.4 is 5.73 Å². The Morgan fingerprint density at radius 1 is 1.27 bits per heavy atom. The van der Waals surface area contributed by atoms with Crippen LogP contribution in [-0.2, 0) is 5.92 Å². The lowest BCUT2D eigenvalue weighted by molar-refractivity contribution is -0.0255. The molecule has 1 aromatic rings. The van der Waals surface area contributed by atoms with Crippen molar-refractivity contribution >= 4 is 0 Å². The van der Waals surface area contributed by atoms with Crippen molar-refractivity contribution in [2.24, 2.45) is 5.73 Å². The summed E-state index contributed by atoms with van der Waals surface area (Å²) in [6, 6.07) is 4.95. The van der Waals surface area contributed by atoms with Crippen molar-refractivity contribution in [1.82, 2.24) is 0 Å². The average molecular weight is 215 g/mol. The molecule has 1 fully saturated rings. The minimum Gasteiger partial charge on any atom is -0.325 e. The van der Waals surface area contributed by atoms with E-state index in [1.807, 2.05) is 0 Å². The normalized spacial score (nSPS) is 18.9. The van der Waals surface area contributed by atoms with Crippen LogP contribution in [0.15, 0.2) is 24.3 Å². The van der Waals surface area contributed by atoms with Gasteiger partial charge in [-0.3, -0.25) is 0 Å². The van der Waals surface area contributed by atoms with Gasteiger partial charge < -0.3 is 5.73 Å². The Balaban J connectivity index is 2.24. The Morgan fingerprint density at radius 3 is 2.40 bits per heavy atom. The molecule has 0 bridgehead atoms. The third-order valence-corrected chi connectivity index (χ3v) is 2.73. The van der Waals surface area contributed by atoms with Crippen LogP contribution in [0.4, 0.5) is 13.2 Å². The van der Waals surface area contributed by atoms with Gasteiger partial charge in [0, 0.05) is 12.0 Å². The van der Waals surface area contributed by atoms with E-state index >= 15 is 0 Å². The minimum absolute atomic E-state index is 0.471. The molecule has 0 spiro atoms. The fraction of sp³-hybridized carbons (Fsp3) is 0.455. The van der Waals surface area contributed by atoms with Crippen molar-refractivity contribution in [1.29, 1.82) is 0 Å². The van der Waals surface area contributed by atoms with Crippen molar-refractivity contribution in [3.63, 3.8) is 0 Å². The van der Waals surface area contributed by atoms with Crippen molar-refractivity contribution in [2.45, 2.75) is 30.7 Å². The fourth-order valence-corrected chi connectivity index (χ4v) is 1.63. The maximum atomic E-state index is 13.6. The number of halogens is 3. The molecule has 0 unspecified atom stereocenters. The molecular weight excluding hydrogens is 203 g/mol. The highest BCUT2D eigenvalue weighted by Crippen LogP contribution is 2.46. The highest BCUT2D eigenvalue weighted by molar-refractivity contribution is 5.23. The molecule has 0 saturated heterocycles. The Bertz CT molecular complexity index is 372. The Morgan fingerprint density at radius 2 is 1.87 bits per heavy atom. The summed E-state index contributed by atoms with van der Waals surface area (Å²) in [5, 5.41) is 0. The maximum Gasteiger partial charge on any atom is 0.277 e. The van der Waals surface area contributed by atoms with Gasteiger partial charge >= 0.3 is 0 Å². The first-order valence-electron chi connectivity index (χ1n) is 4.85. The summed E-state index contributed by atoms with van der Waals surface area (Å²) in [6.07, 6.45) is 0.717. The molecule has 2 rings (SSSR count). The number of alkyl halides is 2. The first kappa shape index (κ1) is 10.5. The number of rotatable bonds is 3. The summed E-state index contributed by atoms with van der Waals surface area (Å²) in [5.74, 6) is -4.04. The van der Waals surface area contributed by atoms with Crippen molar-refractivity contribution in [3.05, 3.63) is 35.6 Å². The van der Waals surface area contributed by atoms with Crippen LogP contribution >= 0.6 is 0 Å². The summed E-state index contributed by atoms with van der Waals surface area (Å²) in [7, 11) is 0. The summed E-state index contributed by atoms with van der Waals surface area (Å²) in [6.45, 7) is 0. The van der Waals surface area contributed by atoms with Gasteiger partial charge in [-0.15, -0.1) is 0 Å². The fourth-order valence-electron chi connectivity index (χ4n) is 1.63. The molecule has 1 nitrogen and oxygen atoms in total. The Hall–Kier alpha value is -1.03. The molecule has 0 amide bonds. The number of benzene rings is 1. The predicted octanol–water partition coefficient (Wildman–Crippen LogP) is 2.80. The molecule has 0 aliphatic heterocycles. The lowest BCUT2D eigenvalue weighted by Gasteiger charge is -2.20. The lowest BCUT2D eigenvalue weighted by atomic mass is 9.99. The first-order valence-corrected chi connectivity index (χ1v) is 4.85. The SMILES string of the molecule is NC1(CC(F)(F)c2ccccc2F)CC1. The summed E-state index contributed by atoms with van der Waals surface area (Å²) in [4.78, 5) is 0. The van der Waals surface area contributed by atoms with Gasteiger partial charge in [0.25, 0.3) is 5.92 Å². The van der Waals surface area contributed by atoms with E-state index in [1.54, 1.807) is 0 Å². The second kappa shape index (κ2) is 3.23. The molecule has 4 heteroatoms. The van der Waals surface area contributed by atoms with Crippen LogP contribution in [0.2, 0.25) is 0 Å². The van der Waals surface area contributed by atoms with Crippen LogP contribution in [0.3, 0.4) is 0 Å². The highest BCUT2D eigenvalue weighted by Gasteiger charge is 2.48. The van der Waals surface area contributed by atoms with Crippen LogP contribution in [0.5, 0.6) is 0 Å². The highest BCUT2D eigenvalue weighted by atomic mass is 19.3. The minimum atomic E-state index is -3.17. The van der Waals surface area contributed by atoms with Gasteiger partial charge in [0.15, 0.2) is 0 Å². The zero-order valence-corrected chi connectivity index (χ0v) is 8.14. The van der Waals surface area contributed by atoms with Gasteiger partial charge in [-0.05, 0) is 18.9 Å². The van der Waals surface area contributed by atoms with Crippen LogP contribution in [0, 0.1) is 5.82 Å². The second-order valence-corrected chi connectivity index (χ2v) is 4.22. The number of hydrogen-bond acceptors (Lipinski definition) is 1. The monoisotopic (exact) mass is 215 g/mol. The first-order chi connectivity index (χ1) is 6.93. The van der Waals surface area contributed by atoms with Crippen LogP contribution in [-0.4, -0.2) is 5.54 Å². The molecule has 0 aromatic heterocycles. The predicted molar refractivity (Wildman–Crippen MR) is 51.1 cm³/mol. The van der Waals surface area contributed by atoms with Crippen molar-refractivity contribution in [3.8, 4) is 0 Å². The third kappa shape index (κ3) is 2.15. The molecule has 0 heterocycles. The molecule has 82 valence electrons. The van der Waals surface area contributed by atoms with Crippen LogP contribution in [0.1, 0.15) is 24.8 Å². The molecule has 0 atom stereocenters. The largest absolute Gasteiger partial charge is 0.325 e. The van der Waals surface area contributed by atoms with Gasteiger partial charge in [0.2, 0.25) is 0 Å². The van der Waals surface area contributed by atoms with Gasteiger partial charge in [0.1, 0.15) is 5.82 Å². The van der Waals surface area contributed by atoms with E-state index in [9.17, 15) is 13.2 Å². The smallest absolute Gasteiger partial charge is 0.277 e. The van der Waals surface area contributed by atoms with E-state index in [-0.39, 0.29) is 0 Å². The van der Waals surface area contributed by atoms with Gasteiger partial charge in [-0.2, -0.15) is 0 Å². The number of nitrogens with two attached hydrogens (primary N) is 1. The Labute approximate surface area is 86.1 Å². The lowest BCUT2D eigenvalue weighted by Crippen LogP contribution is -2.31. The molecule has 1 aliphatic carbocycles. The molecule has 1 aliphatic rings. The van der Waals surface area contributed by atoms with Gasteiger partial charge in [-0.25, -0.2) is 13.2 Å². The molecule has 1 saturated carbocycles. The van der Waals surface area contributed by atoms with E-state index in [2.05, 4.69) is 0 Å². The van der Waals surface area contributed by atoms with E-state index in [1.165, 1.54) is 12.1 Å². The zero-order chi connectivity index (χ0) is 11.1.